The number of carbonyl (C=O) groups excluding carboxylic acids is 1. The Hall–Kier alpha value is -1.15. The fourth-order valence-electron chi connectivity index (χ4n) is 3.09. The van der Waals surface area contributed by atoms with Gasteiger partial charge < -0.3 is 5.32 Å². The Bertz CT molecular complexity index is 448. The summed E-state index contributed by atoms with van der Waals surface area (Å²) in [6.45, 7) is 6.17. The molecule has 17 heavy (non-hydrogen) atoms. The molecule has 2 nitrogen and oxygen atoms in total. The number of ketones is 1. The fraction of sp³-hybridized carbons (Fsp3) is 0.533. The Morgan fingerprint density at radius 2 is 2.06 bits per heavy atom. The number of Topliss-reactive ketones (excluding diaryl/α,β-unsaturated/α-hetero) is 1. The van der Waals surface area contributed by atoms with Crippen molar-refractivity contribution in [1.82, 2.24) is 5.32 Å². The lowest BCUT2D eigenvalue weighted by Crippen LogP contribution is -2.19. The number of carbonyl (C=O) groups is 1. The van der Waals surface area contributed by atoms with E-state index in [4.69, 9.17) is 0 Å². The van der Waals surface area contributed by atoms with Crippen molar-refractivity contribution in [2.24, 2.45) is 11.8 Å². The minimum absolute atomic E-state index is 0.0841. The monoisotopic (exact) mass is 229 g/mol. The van der Waals surface area contributed by atoms with Gasteiger partial charge in [0.2, 0.25) is 0 Å². The normalized spacial score (nSPS) is 30.4. The van der Waals surface area contributed by atoms with E-state index in [1.54, 1.807) is 0 Å². The Morgan fingerprint density at radius 3 is 2.53 bits per heavy atom. The van der Waals surface area contributed by atoms with Gasteiger partial charge in [0, 0.05) is 23.4 Å². The summed E-state index contributed by atoms with van der Waals surface area (Å²) in [6.07, 6.45) is 1.32. The second kappa shape index (κ2) is 3.67. The molecule has 2 unspecified atom stereocenters. The number of nitrogens with one attached hydrogen (secondary N) is 1. The molecule has 1 N–H and O–H groups in total. The maximum Gasteiger partial charge on any atom is 0.165 e. The number of rotatable bonds is 3. The van der Waals surface area contributed by atoms with E-state index in [2.05, 4.69) is 17.4 Å². The van der Waals surface area contributed by atoms with Crippen LogP contribution in [0.5, 0.6) is 0 Å². The zero-order valence-corrected chi connectivity index (χ0v) is 10.5. The van der Waals surface area contributed by atoms with E-state index >= 15 is 0 Å². The first-order valence-electron chi connectivity index (χ1n) is 6.49. The summed E-state index contributed by atoms with van der Waals surface area (Å²) in [4.78, 5) is 11.9. The Kier molecular flexibility index (Phi) is 2.37. The van der Waals surface area contributed by atoms with Crippen molar-refractivity contribution in [2.75, 3.05) is 13.1 Å². The highest BCUT2D eigenvalue weighted by Crippen LogP contribution is 2.56. The Labute approximate surface area is 102 Å². The molecule has 0 spiro atoms. The maximum absolute atomic E-state index is 11.9. The van der Waals surface area contributed by atoms with Crippen LogP contribution in [0, 0.1) is 11.8 Å². The van der Waals surface area contributed by atoms with Crippen LogP contribution in [0.3, 0.4) is 0 Å². The van der Waals surface area contributed by atoms with Gasteiger partial charge in [0.05, 0.1) is 0 Å². The van der Waals surface area contributed by atoms with Gasteiger partial charge in [-0.25, -0.2) is 0 Å². The van der Waals surface area contributed by atoms with Crippen LogP contribution >= 0.6 is 0 Å². The van der Waals surface area contributed by atoms with E-state index in [0.29, 0.717) is 5.41 Å². The SMILES string of the molecule is CC(C)C(=O)c1ccc(C23CNCC2C3)cc1. The molecule has 1 aromatic carbocycles. The quantitative estimate of drug-likeness (QED) is 0.806. The van der Waals surface area contributed by atoms with Gasteiger partial charge in [0.1, 0.15) is 0 Å². The van der Waals surface area contributed by atoms with Crippen LogP contribution in [0.25, 0.3) is 0 Å². The van der Waals surface area contributed by atoms with Crippen molar-refractivity contribution in [3.8, 4) is 0 Å². The molecule has 1 aliphatic carbocycles. The zero-order valence-electron chi connectivity index (χ0n) is 10.5. The molecule has 0 amide bonds. The highest BCUT2D eigenvalue weighted by molar-refractivity contribution is 5.97. The third-order valence-corrected chi connectivity index (χ3v) is 4.33. The predicted octanol–water partition coefficient (Wildman–Crippen LogP) is 2.39. The number of hydrogen-bond acceptors (Lipinski definition) is 2. The minimum Gasteiger partial charge on any atom is -0.316 e. The van der Waals surface area contributed by atoms with E-state index in [-0.39, 0.29) is 11.7 Å². The van der Waals surface area contributed by atoms with Crippen LogP contribution in [0.1, 0.15) is 36.2 Å². The molecule has 1 saturated carbocycles. The van der Waals surface area contributed by atoms with E-state index < -0.39 is 0 Å². The predicted molar refractivity (Wildman–Crippen MR) is 68.3 cm³/mol. The first kappa shape index (κ1) is 11.0. The second-order valence-corrected chi connectivity index (χ2v) is 5.78. The summed E-state index contributed by atoms with van der Waals surface area (Å²) in [5.74, 6) is 1.15. The van der Waals surface area contributed by atoms with Gasteiger partial charge in [-0.05, 0) is 24.4 Å². The van der Waals surface area contributed by atoms with Crippen LogP contribution in [0.4, 0.5) is 0 Å². The lowest BCUT2D eigenvalue weighted by atomic mass is 9.92. The molecule has 1 aromatic rings. The van der Waals surface area contributed by atoms with Gasteiger partial charge in [-0.3, -0.25) is 4.79 Å². The van der Waals surface area contributed by atoms with Crippen molar-refractivity contribution in [1.29, 1.82) is 0 Å². The first-order valence-corrected chi connectivity index (χ1v) is 6.49. The highest BCUT2D eigenvalue weighted by Gasteiger charge is 2.57. The van der Waals surface area contributed by atoms with Crippen LogP contribution in [0.2, 0.25) is 0 Å². The zero-order chi connectivity index (χ0) is 12.0. The van der Waals surface area contributed by atoms with E-state index in [1.807, 2.05) is 26.0 Å². The van der Waals surface area contributed by atoms with Gasteiger partial charge in [0.15, 0.2) is 5.78 Å². The molecule has 1 saturated heterocycles. The summed E-state index contributed by atoms with van der Waals surface area (Å²) in [5.41, 5.74) is 2.66. The number of benzene rings is 1. The molecule has 90 valence electrons. The smallest absolute Gasteiger partial charge is 0.165 e. The van der Waals surface area contributed by atoms with E-state index in [9.17, 15) is 4.79 Å². The van der Waals surface area contributed by atoms with Gasteiger partial charge in [0.25, 0.3) is 0 Å². The largest absolute Gasteiger partial charge is 0.316 e. The highest BCUT2D eigenvalue weighted by atomic mass is 16.1. The second-order valence-electron chi connectivity index (χ2n) is 5.78. The van der Waals surface area contributed by atoms with Crippen LogP contribution in [0.15, 0.2) is 24.3 Å². The summed E-state index contributed by atoms with van der Waals surface area (Å²) >= 11 is 0. The van der Waals surface area contributed by atoms with Crippen LogP contribution in [-0.4, -0.2) is 18.9 Å². The molecule has 0 aromatic heterocycles. The van der Waals surface area contributed by atoms with Crippen molar-refractivity contribution in [3.05, 3.63) is 35.4 Å². The molecule has 2 atom stereocenters. The minimum atomic E-state index is 0.0841. The summed E-state index contributed by atoms with van der Waals surface area (Å²) < 4.78 is 0. The summed E-state index contributed by atoms with van der Waals surface area (Å²) in [5, 5.41) is 3.45. The molecule has 1 aliphatic heterocycles. The molecule has 0 bridgehead atoms. The van der Waals surface area contributed by atoms with Crippen molar-refractivity contribution >= 4 is 5.78 Å². The van der Waals surface area contributed by atoms with Crippen molar-refractivity contribution < 1.29 is 4.79 Å². The van der Waals surface area contributed by atoms with Gasteiger partial charge >= 0.3 is 0 Å². The molecule has 2 fully saturated rings. The van der Waals surface area contributed by atoms with Crippen molar-refractivity contribution in [2.45, 2.75) is 25.7 Å². The first-order chi connectivity index (χ1) is 8.13. The standard InChI is InChI=1S/C15H19NO/c1-10(2)14(17)11-3-5-12(6-4-11)15-7-13(15)8-16-9-15/h3-6,10,13,16H,7-9H2,1-2H3. The number of hydrogen-bond donors (Lipinski definition) is 1. The summed E-state index contributed by atoms with van der Waals surface area (Å²) in [6, 6.07) is 8.31. The average Bonchev–Trinajstić information content (AvgIpc) is 2.91. The third kappa shape index (κ3) is 1.62. The maximum atomic E-state index is 11.9. The van der Waals surface area contributed by atoms with Gasteiger partial charge in [-0.15, -0.1) is 0 Å². The molecule has 1 heterocycles. The third-order valence-electron chi connectivity index (χ3n) is 4.33. The molecule has 3 rings (SSSR count). The van der Waals surface area contributed by atoms with Crippen molar-refractivity contribution in [3.63, 3.8) is 0 Å². The lowest BCUT2D eigenvalue weighted by Gasteiger charge is -2.13. The van der Waals surface area contributed by atoms with Crippen LogP contribution in [-0.2, 0) is 5.41 Å². The average molecular weight is 229 g/mol. The number of fused-ring (bicyclic) bond motifs is 1. The van der Waals surface area contributed by atoms with E-state index in [0.717, 1.165) is 24.6 Å². The summed E-state index contributed by atoms with van der Waals surface area (Å²) in [7, 11) is 0. The Balaban J connectivity index is 1.84. The number of piperidine rings is 1. The molecular formula is C15H19NO. The molecule has 2 aliphatic rings. The topological polar surface area (TPSA) is 29.1 Å². The van der Waals surface area contributed by atoms with Gasteiger partial charge in [-0.1, -0.05) is 38.1 Å². The molecule has 0 radical (unpaired) electrons. The van der Waals surface area contributed by atoms with Crippen LogP contribution < -0.4 is 5.32 Å². The van der Waals surface area contributed by atoms with E-state index in [1.165, 1.54) is 12.0 Å². The Morgan fingerprint density at radius 1 is 1.35 bits per heavy atom. The lowest BCUT2D eigenvalue weighted by molar-refractivity contribution is 0.0939. The van der Waals surface area contributed by atoms with Gasteiger partial charge in [-0.2, -0.15) is 0 Å². The molecular weight excluding hydrogens is 210 g/mol. The fourth-order valence-corrected chi connectivity index (χ4v) is 3.09. The molecule has 2 heteroatoms.